The molecule has 0 unspecified atom stereocenters. The molecule has 1 saturated heterocycles. The third-order valence-electron chi connectivity index (χ3n) is 6.86. The lowest BCUT2D eigenvalue weighted by Gasteiger charge is -2.40. The van der Waals surface area contributed by atoms with Crippen LogP contribution in [0.3, 0.4) is 0 Å². The minimum absolute atomic E-state index is 0.182. The summed E-state index contributed by atoms with van der Waals surface area (Å²) in [6.07, 6.45) is 3.96. The summed E-state index contributed by atoms with van der Waals surface area (Å²) in [7, 11) is 0. The Kier molecular flexibility index (Phi) is 10.8. The van der Waals surface area contributed by atoms with Crippen molar-refractivity contribution in [2.24, 2.45) is 5.41 Å². The van der Waals surface area contributed by atoms with Gasteiger partial charge in [0.25, 0.3) is 0 Å². The van der Waals surface area contributed by atoms with Gasteiger partial charge in [-0.1, -0.05) is 38.1 Å². The first-order valence-corrected chi connectivity index (χ1v) is 14.0. The van der Waals surface area contributed by atoms with Gasteiger partial charge in [-0.05, 0) is 74.4 Å². The number of anilines is 1. The molecule has 0 aliphatic carbocycles. The maximum Gasteiger partial charge on any atom is 0.307 e. The highest BCUT2D eigenvalue weighted by atomic mass is 19.1. The number of ether oxygens (including phenoxy) is 1. The number of hydrogen-bond donors (Lipinski definition) is 2. The Hall–Kier alpha value is -3.52. The first-order chi connectivity index (χ1) is 19.3. The number of halogens is 2. The smallest absolute Gasteiger partial charge is 0.307 e. The first kappa shape index (κ1) is 32.0. The largest absolute Gasteiger partial charge is 0.493 e. The van der Waals surface area contributed by atoms with Gasteiger partial charge >= 0.3 is 5.97 Å². The highest BCUT2D eigenvalue weighted by Crippen LogP contribution is 2.40. The van der Waals surface area contributed by atoms with Gasteiger partial charge in [0.1, 0.15) is 18.2 Å². The van der Waals surface area contributed by atoms with Crippen molar-refractivity contribution < 1.29 is 28.5 Å². The Morgan fingerprint density at radius 3 is 2.17 bits per heavy atom. The summed E-state index contributed by atoms with van der Waals surface area (Å²) in [4.78, 5) is 18.2. The van der Waals surface area contributed by atoms with Gasteiger partial charge in [-0.15, -0.1) is 0 Å². The second-order valence-corrected chi connectivity index (χ2v) is 12.2. The molecule has 0 bridgehead atoms. The maximum absolute atomic E-state index is 13.8. The van der Waals surface area contributed by atoms with E-state index in [1.807, 2.05) is 24.3 Å². The lowest BCUT2D eigenvalue weighted by Crippen LogP contribution is -2.38. The predicted octanol–water partition coefficient (Wildman–Crippen LogP) is 7.01. The molecule has 0 radical (unpaired) electrons. The predicted molar refractivity (Wildman–Crippen MR) is 159 cm³/mol. The van der Waals surface area contributed by atoms with Gasteiger partial charge in [0.05, 0.1) is 30.0 Å². The van der Waals surface area contributed by atoms with Crippen LogP contribution in [0, 0.1) is 11.2 Å². The Morgan fingerprint density at radius 2 is 1.63 bits per heavy atom. The van der Waals surface area contributed by atoms with Gasteiger partial charge in [0.15, 0.2) is 0 Å². The number of carboxylic acid groups (broad SMARTS) is 1. The van der Waals surface area contributed by atoms with E-state index in [9.17, 15) is 18.7 Å². The zero-order valence-electron chi connectivity index (χ0n) is 24.7. The number of nitrogens with zero attached hydrogens (tertiary/aromatic N) is 2. The Balaban J connectivity index is 0.000000850. The van der Waals surface area contributed by atoms with Gasteiger partial charge in [-0.3, -0.25) is 9.78 Å². The van der Waals surface area contributed by atoms with Crippen molar-refractivity contribution in [1.29, 1.82) is 0 Å². The zero-order valence-corrected chi connectivity index (χ0v) is 24.7. The number of aliphatic carboxylic acids is 1. The van der Waals surface area contributed by atoms with Crippen molar-refractivity contribution in [1.82, 2.24) is 4.98 Å². The normalized spacial score (nSPS) is 14.7. The van der Waals surface area contributed by atoms with E-state index in [2.05, 4.69) is 23.7 Å². The van der Waals surface area contributed by atoms with Gasteiger partial charge in [-0.2, -0.15) is 0 Å². The van der Waals surface area contributed by atoms with Crippen LogP contribution >= 0.6 is 0 Å². The van der Waals surface area contributed by atoms with E-state index < -0.39 is 18.2 Å². The van der Waals surface area contributed by atoms with Gasteiger partial charge in [-0.25, -0.2) is 8.78 Å². The highest BCUT2D eigenvalue weighted by Gasteiger charge is 2.29. The van der Waals surface area contributed by atoms with Crippen molar-refractivity contribution in [3.05, 3.63) is 77.4 Å². The number of pyridine rings is 1. The summed E-state index contributed by atoms with van der Waals surface area (Å²) in [6.45, 7) is 10.9. The van der Waals surface area contributed by atoms with Crippen LogP contribution in [0.4, 0.5) is 14.5 Å². The number of alkyl halides is 1. The molecule has 0 saturated carbocycles. The van der Waals surface area contributed by atoms with Crippen LogP contribution in [0.25, 0.3) is 11.1 Å². The van der Waals surface area contributed by atoms with Crippen LogP contribution in [-0.2, 0) is 24.3 Å². The molecule has 4 rings (SSSR count). The molecule has 222 valence electrons. The fourth-order valence-electron chi connectivity index (χ4n) is 4.61. The number of benzene rings is 2. The molecule has 3 aromatic rings. The molecule has 1 aromatic heterocycles. The molecule has 6 nitrogen and oxygen atoms in total. The Labute approximate surface area is 242 Å². The first-order valence-electron chi connectivity index (χ1n) is 14.0. The van der Waals surface area contributed by atoms with Crippen molar-refractivity contribution >= 4 is 11.7 Å². The number of carbonyl (C=O) groups is 1. The third-order valence-corrected chi connectivity index (χ3v) is 6.86. The van der Waals surface area contributed by atoms with Gasteiger partial charge in [0, 0.05) is 36.8 Å². The summed E-state index contributed by atoms with van der Waals surface area (Å²) < 4.78 is 32.8. The molecule has 1 fully saturated rings. The second kappa shape index (κ2) is 13.9. The number of aliphatic hydroxyl groups is 1. The quantitative estimate of drug-likeness (QED) is 0.289. The second-order valence-electron chi connectivity index (χ2n) is 12.2. The molecule has 2 aromatic carbocycles. The summed E-state index contributed by atoms with van der Waals surface area (Å²) in [6, 6.07) is 13.9. The lowest BCUT2D eigenvalue weighted by atomic mass is 9.82. The van der Waals surface area contributed by atoms with Crippen molar-refractivity contribution in [2.75, 3.05) is 24.6 Å². The number of hydrogen-bond acceptors (Lipinski definition) is 5. The number of carboxylic acids is 1. The summed E-state index contributed by atoms with van der Waals surface area (Å²) in [5, 5.41) is 18.1. The molecule has 0 amide bonds. The molecule has 2 N–H and O–H groups in total. The van der Waals surface area contributed by atoms with Crippen LogP contribution < -0.4 is 9.64 Å². The van der Waals surface area contributed by atoms with Crippen molar-refractivity contribution in [2.45, 2.75) is 72.6 Å². The van der Waals surface area contributed by atoms with Crippen LogP contribution in [0.1, 0.15) is 64.3 Å². The summed E-state index contributed by atoms with van der Waals surface area (Å²) >= 11 is 0. The minimum Gasteiger partial charge on any atom is -0.493 e. The van der Waals surface area contributed by atoms with E-state index >= 15 is 0 Å². The number of aromatic nitrogens is 1. The molecule has 2 heterocycles. The van der Waals surface area contributed by atoms with Crippen LogP contribution in [0.15, 0.2) is 54.7 Å². The van der Waals surface area contributed by atoms with E-state index in [1.165, 1.54) is 12.1 Å². The zero-order chi connectivity index (χ0) is 30.2. The van der Waals surface area contributed by atoms with Crippen molar-refractivity contribution in [3.63, 3.8) is 0 Å². The van der Waals surface area contributed by atoms with E-state index in [1.54, 1.807) is 39.1 Å². The third kappa shape index (κ3) is 10.1. The van der Waals surface area contributed by atoms with Crippen LogP contribution in [0.5, 0.6) is 5.75 Å². The van der Waals surface area contributed by atoms with Crippen molar-refractivity contribution in [3.8, 4) is 16.9 Å². The average molecular weight is 569 g/mol. The average Bonchev–Trinajstić information content (AvgIpc) is 2.89. The highest BCUT2D eigenvalue weighted by molar-refractivity contribution is 5.84. The number of rotatable bonds is 9. The topological polar surface area (TPSA) is 82.9 Å². The standard InChI is InChI=1S/C29H32F2N2O3.C4H10O/c1-29(2)12-14-33(15-13-29)28-24(17-27(34)35)26(18-30)32-19-25(28)21-5-9-23(10-6-21)36-16-11-20-3-7-22(31)8-4-20;1-4(2,3)5/h3-10,19H,11-18H2,1-2H3,(H,34,35);5H,1-3H3. The lowest BCUT2D eigenvalue weighted by molar-refractivity contribution is -0.136. The van der Waals surface area contributed by atoms with Crippen LogP contribution in [-0.4, -0.2) is 46.5 Å². The molecule has 8 heteroatoms. The molecule has 0 spiro atoms. The van der Waals surface area contributed by atoms with E-state index in [-0.39, 0.29) is 23.3 Å². The Morgan fingerprint density at radius 1 is 1.05 bits per heavy atom. The summed E-state index contributed by atoms with van der Waals surface area (Å²) in [5.41, 5.74) is 3.76. The molecule has 0 atom stereocenters. The van der Waals surface area contributed by atoms with E-state index in [4.69, 9.17) is 9.84 Å². The number of piperidine rings is 1. The Bertz CT molecular complexity index is 1270. The van der Waals surface area contributed by atoms with E-state index in [0.29, 0.717) is 24.3 Å². The SMILES string of the molecule is CC(C)(C)O.CC1(C)CCN(c2c(-c3ccc(OCCc4ccc(F)cc4)cc3)cnc(CF)c2CC(=O)O)CC1. The minimum atomic E-state index is -1.01. The molecule has 1 aliphatic rings. The molecule has 1 aliphatic heterocycles. The monoisotopic (exact) mass is 568 g/mol. The molecule has 41 heavy (non-hydrogen) atoms. The fraction of sp³-hybridized carbons (Fsp3) is 0.455. The molecular weight excluding hydrogens is 526 g/mol. The summed E-state index contributed by atoms with van der Waals surface area (Å²) in [5.74, 6) is -0.572. The fourth-order valence-corrected chi connectivity index (χ4v) is 4.61. The van der Waals surface area contributed by atoms with Crippen LogP contribution in [0.2, 0.25) is 0 Å². The van der Waals surface area contributed by atoms with Gasteiger partial charge < -0.3 is 19.8 Å². The van der Waals surface area contributed by atoms with Gasteiger partial charge in [0.2, 0.25) is 0 Å². The maximum atomic E-state index is 13.8. The molecular formula is C33H42F2N2O4. The van der Waals surface area contributed by atoms with E-state index in [0.717, 1.165) is 48.3 Å².